The number of rotatable bonds is 10. The van der Waals surface area contributed by atoms with E-state index < -0.39 is 41.9 Å². The van der Waals surface area contributed by atoms with Crippen LogP contribution in [-0.2, 0) is 23.9 Å². The van der Waals surface area contributed by atoms with E-state index in [2.05, 4.69) is 10.6 Å². The second-order valence-electron chi connectivity index (χ2n) is 8.68. The van der Waals surface area contributed by atoms with Crippen LogP contribution in [0.3, 0.4) is 0 Å². The maximum absolute atomic E-state index is 12.9. The predicted octanol–water partition coefficient (Wildman–Crippen LogP) is 3.22. The molecule has 2 aromatic rings. The van der Waals surface area contributed by atoms with Gasteiger partial charge in [0.05, 0.1) is 13.5 Å². The second kappa shape index (κ2) is 11.0. The fourth-order valence-corrected chi connectivity index (χ4v) is 4.47. The lowest BCUT2D eigenvalue weighted by Gasteiger charge is -2.29. The van der Waals surface area contributed by atoms with Crippen molar-refractivity contribution in [1.29, 1.82) is 0 Å². The first-order valence-electron chi connectivity index (χ1n) is 11.4. The Morgan fingerprint density at radius 1 is 1.03 bits per heavy atom. The van der Waals surface area contributed by atoms with Crippen molar-refractivity contribution >= 4 is 23.9 Å². The molecule has 3 N–H and O–H groups in total. The standard InChI is InChI=1S/C26H30N2O7/c1-4-13-26(2,24(32)34-3)28-23(31)21(14-22(29)30)27-25(33)35-15-20-18-11-7-5-9-16(18)17-10-6-8-12-19(17)20/h5-12,20-21H,4,13-15H2,1-3H3,(H,27,33)(H,28,31)(H,29,30). The lowest BCUT2D eigenvalue weighted by atomic mass is 9.95. The van der Waals surface area contributed by atoms with E-state index in [9.17, 15) is 24.3 Å². The number of benzene rings is 2. The number of methoxy groups -OCH3 is 1. The van der Waals surface area contributed by atoms with Crippen molar-refractivity contribution < 1.29 is 33.8 Å². The number of amides is 2. The van der Waals surface area contributed by atoms with E-state index in [-0.39, 0.29) is 18.9 Å². The van der Waals surface area contributed by atoms with Gasteiger partial charge in [0.2, 0.25) is 5.91 Å². The van der Waals surface area contributed by atoms with E-state index in [1.54, 1.807) is 0 Å². The zero-order chi connectivity index (χ0) is 25.6. The molecule has 0 heterocycles. The highest BCUT2D eigenvalue weighted by atomic mass is 16.5. The Labute approximate surface area is 203 Å². The number of fused-ring (bicyclic) bond motifs is 3. The quantitative estimate of drug-likeness (QED) is 0.443. The molecule has 2 aromatic carbocycles. The number of carbonyl (C=O) groups is 4. The summed E-state index contributed by atoms with van der Waals surface area (Å²) < 4.78 is 10.2. The SMILES string of the molecule is CCCC(C)(NC(=O)C(CC(=O)O)NC(=O)OCC1c2ccccc2-c2ccccc21)C(=O)OC. The number of carboxylic acids is 1. The summed E-state index contributed by atoms with van der Waals surface area (Å²) in [7, 11) is 1.20. The van der Waals surface area contributed by atoms with Crippen LogP contribution in [0.15, 0.2) is 48.5 Å². The van der Waals surface area contributed by atoms with Crippen LogP contribution in [0.4, 0.5) is 4.79 Å². The molecule has 0 spiro atoms. The third-order valence-electron chi connectivity index (χ3n) is 6.12. The first-order chi connectivity index (χ1) is 16.7. The third-order valence-corrected chi connectivity index (χ3v) is 6.12. The first kappa shape index (κ1) is 25.7. The topological polar surface area (TPSA) is 131 Å². The van der Waals surface area contributed by atoms with E-state index in [1.165, 1.54) is 14.0 Å². The maximum Gasteiger partial charge on any atom is 0.407 e. The van der Waals surface area contributed by atoms with Crippen molar-refractivity contribution in [2.24, 2.45) is 0 Å². The van der Waals surface area contributed by atoms with Crippen LogP contribution in [0, 0.1) is 0 Å². The predicted molar refractivity (Wildman–Crippen MR) is 128 cm³/mol. The fourth-order valence-electron chi connectivity index (χ4n) is 4.47. The number of carbonyl (C=O) groups excluding carboxylic acids is 3. The van der Waals surface area contributed by atoms with Crippen LogP contribution in [0.1, 0.15) is 50.2 Å². The van der Waals surface area contributed by atoms with E-state index in [0.717, 1.165) is 22.3 Å². The molecule has 0 aliphatic heterocycles. The number of nitrogens with one attached hydrogen (secondary N) is 2. The molecule has 0 saturated carbocycles. The molecule has 1 aliphatic carbocycles. The van der Waals surface area contributed by atoms with Gasteiger partial charge in [0.25, 0.3) is 0 Å². The Bertz CT molecular complexity index is 1070. The van der Waals surface area contributed by atoms with Crippen LogP contribution in [-0.4, -0.2) is 54.3 Å². The number of alkyl carbamates (subject to hydrolysis) is 1. The molecule has 35 heavy (non-hydrogen) atoms. The minimum absolute atomic E-state index is 0.0109. The van der Waals surface area contributed by atoms with Gasteiger partial charge >= 0.3 is 18.0 Å². The van der Waals surface area contributed by atoms with Gasteiger partial charge in [0.1, 0.15) is 18.2 Å². The van der Waals surface area contributed by atoms with Gasteiger partial charge in [0, 0.05) is 5.92 Å². The van der Waals surface area contributed by atoms with E-state index >= 15 is 0 Å². The van der Waals surface area contributed by atoms with E-state index in [0.29, 0.717) is 6.42 Å². The Morgan fingerprint density at radius 2 is 1.60 bits per heavy atom. The zero-order valence-electron chi connectivity index (χ0n) is 20.0. The number of aliphatic carboxylic acids is 1. The van der Waals surface area contributed by atoms with Crippen LogP contribution < -0.4 is 10.6 Å². The van der Waals surface area contributed by atoms with Crippen molar-refractivity contribution in [3.8, 4) is 11.1 Å². The van der Waals surface area contributed by atoms with Crippen molar-refractivity contribution in [2.75, 3.05) is 13.7 Å². The Balaban J connectivity index is 1.70. The lowest BCUT2D eigenvalue weighted by Crippen LogP contribution is -2.58. The van der Waals surface area contributed by atoms with Crippen molar-refractivity contribution in [2.45, 2.75) is 50.6 Å². The highest BCUT2D eigenvalue weighted by Gasteiger charge is 2.38. The first-order valence-corrected chi connectivity index (χ1v) is 11.4. The normalized spacial score (nSPS) is 14.6. The molecule has 2 amide bonds. The Morgan fingerprint density at radius 3 is 2.11 bits per heavy atom. The van der Waals surface area contributed by atoms with Gasteiger partial charge in [-0.25, -0.2) is 9.59 Å². The minimum Gasteiger partial charge on any atom is -0.481 e. The highest BCUT2D eigenvalue weighted by molar-refractivity contribution is 5.93. The molecule has 2 unspecified atom stereocenters. The number of esters is 1. The summed E-state index contributed by atoms with van der Waals surface area (Å²) in [6.45, 7) is 3.33. The molecule has 0 aromatic heterocycles. The molecule has 9 heteroatoms. The van der Waals surface area contributed by atoms with Gasteiger partial charge in [-0.2, -0.15) is 0 Å². The molecule has 0 bridgehead atoms. The van der Waals surface area contributed by atoms with E-state index in [4.69, 9.17) is 9.47 Å². The smallest absolute Gasteiger partial charge is 0.407 e. The summed E-state index contributed by atoms with van der Waals surface area (Å²) in [4.78, 5) is 49.0. The van der Waals surface area contributed by atoms with Crippen molar-refractivity contribution in [3.63, 3.8) is 0 Å². The molecular weight excluding hydrogens is 452 g/mol. The summed E-state index contributed by atoms with van der Waals surface area (Å²) >= 11 is 0. The van der Waals surface area contributed by atoms with E-state index in [1.807, 2.05) is 55.5 Å². The minimum atomic E-state index is -1.44. The van der Waals surface area contributed by atoms with Crippen LogP contribution in [0.5, 0.6) is 0 Å². The Hall–Kier alpha value is -3.88. The summed E-state index contributed by atoms with van der Waals surface area (Å²) in [6, 6.07) is 14.3. The molecule has 0 radical (unpaired) electrons. The van der Waals surface area contributed by atoms with Crippen molar-refractivity contribution in [1.82, 2.24) is 10.6 Å². The molecule has 3 rings (SSSR count). The van der Waals surface area contributed by atoms with Gasteiger partial charge in [-0.15, -0.1) is 0 Å². The highest BCUT2D eigenvalue weighted by Crippen LogP contribution is 2.44. The largest absolute Gasteiger partial charge is 0.481 e. The molecule has 2 atom stereocenters. The average Bonchev–Trinajstić information content (AvgIpc) is 3.15. The van der Waals surface area contributed by atoms with Crippen LogP contribution in [0.2, 0.25) is 0 Å². The van der Waals surface area contributed by atoms with Crippen molar-refractivity contribution in [3.05, 3.63) is 59.7 Å². The average molecular weight is 483 g/mol. The molecule has 186 valence electrons. The third kappa shape index (κ3) is 5.79. The molecular formula is C26H30N2O7. The number of carboxylic acid groups (broad SMARTS) is 1. The maximum atomic E-state index is 12.9. The number of hydrogen-bond acceptors (Lipinski definition) is 6. The lowest BCUT2D eigenvalue weighted by molar-refractivity contribution is -0.151. The molecule has 1 aliphatic rings. The van der Waals surface area contributed by atoms with Crippen LogP contribution >= 0.6 is 0 Å². The number of hydrogen-bond donors (Lipinski definition) is 3. The monoisotopic (exact) mass is 482 g/mol. The molecule has 0 saturated heterocycles. The van der Waals surface area contributed by atoms with Gasteiger partial charge in [-0.1, -0.05) is 61.9 Å². The molecule has 0 fully saturated rings. The van der Waals surface area contributed by atoms with Gasteiger partial charge in [-0.05, 0) is 35.6 Å². The second-order valence-corrected chi connectivity index (χ2v) is 8.68. The van der Waals surface area contributed by atoms with Gasteiger partial charge in [0.15, 0.2) is 0 Å². The summed E-state index contributed by atoms with van der Waals surface area (Å²) in [5.41, 5.74) is 2.82. The summed E-state index contributed by atoms with van der Waals surface area (Å²) in [6.07, 6.45) is -0.770. The number of ether oxygens (including phenoxy) is 2. The Kier molecular flexibility index (Phi) is 8.11. The summed E-state index contributed by atoms with van der Waals surface area (Å²) in [5, 5.41) is 14.1. The van der Waals surface area contributed by atoms with Crippen LogP contribution in [0.25, 0.3) is 11.1 Å². The fraction of sp³-hybridized carbons (Fsp3) is 0.385. The zero-order valence-corrected chi connectivity index (χ0v) is 20.0. The van der Waals surface area contributed by atoms with Gasteiger partial charge < -0.3 is 25.2 Å². The summed E-state index contributed by atoms with van der Waals surface area (Å²) in [5.74, 6) is -2.96. The molecule has 9 nitrogen and oxygen atoms in total. The van der Waals surface area contributed by atoms with Gasteiger partial charge in [-0.3, -0.25) is 9.59 Å².